The van der Waals surface area contributed by atoms with E-state index in [2.05, 4.69) is 4.98 Å². The van der Waals surface area contributed by atoms with Crippen LogP contribution in [0.4, 0.5) is 4.79 Å². The lowest BCUT2D eigenvalue weighted by Gasteiger charge is -2.31. The first-order valence-electron chi connectivity index (χ1n) is 5.81. The van der Waals surface area contributed by atoms with Crippen LogP contribution in [0, 0.1) is 0 Å². The maximum Gasteiger partial charge on any atom is 0.407 e. The number of aromatic nitrogens is 1. The number of pyridine rings is 1. The van der Waals surface area contributed by atoms with E-state index in [-0.39, 0.29) is 5.12 Å². The van der Waals surface area contributed by atoms with Crippen molar-refractivity contribution >= 4 is 23.0 Å². The summed E-state index contributed by atoms with van der Waals surface area (Å²) in [5, 5.41) is 9.54. The molecule has 0 spiro atoms. The standard InChI is InChI=1S/C12H14N2O3S/c15-11(18-10-6-1-3-7-13-10)9-5-2-4-8-14(9)12(16)17/h1,3,6-7,9H,2,4-5,8H2,(H,16,17). The highest BCUT2D eigenvalue weighted by Gasteiger charge is 2.32. The van der Waals surface area contributed by atoms with Gasteiger partial charge in [0, 0.05) is 12.7 Å². The van der Waals surface area contributed by atoms with E-state index in [0.717, 1.165) is 24.6 Å². The van der Waals surface area contributed by atoms with Gasteiger partial charge < -0.3 is 5.11 Å². The fourth-order valence-corrected chi connectivity index (χ4v) is 2.83. The number of carboxylic acid groups (broad SMARTS) is 1. The zero-order valence-electron chi connectivity index (χ0n) is 9.78. The molecule has 2 rings (SSSR count). The Bertz CT molecular complexity index is 438. The van der Waals surface area contributed by atoms with Gasteiger partial charge in [-0.3, -0.25) is 9.69 Å². The molecule has 0 radical (unpaired) electrons. The van der Waals surface area contributed by atoms with Gasteiger partial charge in [0.25, 0.3) is 0 Å². The number of hydrogen-bond acceptors (Lipinski definition) is 4. The zero-order valence-corrected chi connectivity index (χ0v) is 10.6. The SMILES string of the molecule is O=C(Sc1ccccn1)C1CCCCN1C(=O)O. The second-order valence-electron chi connectivity index (χ2n) is 4.08. The van der Waals surface area contributed by atoms with E-state index in [4.69, 9.17) is 5.11 Å². The summed E-state index contributed by atoms with van der Waals surface area (Å²) in [5.41, 5.74) is 0. The second kappa shape index (κ2) is 5.86. The average molecular weight is 266 g/mol. The van der Waals surface area contributed by atoms with Crippen molar-refractivity contribution in [3.8, 4) is 0 Å². The summed E-state index contributed by atoms with van der Waals surface area (Å²) < 4.78 is 0. The van der Waals surface area contributed by atoms with Crippen LogP contribution in [0.5, 0.6) is 0 Å². The van der Waals surface area contributed by atoms with E-state index in [0.29, 0.717) is 18.0 Å². The molecule has 1 amide bonds. The highest BCUT2D eigenvalue weighted by atomic mass is 32.2. The lowest BCUT2D eigenvalue weighted by molar-refractivity contribution is -0.116. The Labute approximate surface area is 109 Å². The van der Waals surface area contributed by atoms with E-state index in [1.54, 1.807) is 24.4 Å². The molecule has 0 aromatic carbocycles. The van der Waals surface area contributed by atoms with Crippen LogP contribution in [0.3, 0.4) is 0 Å². The molecule has 6 heteroatoms. The summed E-state index contributed by atoms with van der Waals surface area (Å²) in [6.45, 7) is 0.439. The number of thioether (sulfide) groups is 1. The number of carbonyl (C=O) groups is 2. The predicted molar refractivity (Wildman–Crippen MR) is 67.5 cm³/mol. The number of likely N-dealkylation sites (tertiary alicyclic amines) is 1. The van der Waals surface area contributed by atoms with Crippen LogP contribution in [0.25, 0.3) is 0 Å². The van der Waals surface area contributed by atoms with Crippen molar-refractivity contribution in [2.45, 2.75) is 30.3 Å². The zero-order chi connectivity index (χ0) is 13.0. The van der Waals surface area contributed by atoms with E-state index >= 15 is 0 Å². The van der Waals surface area contributed by atoms with Crippen molar-refractivity contribution in [2.24, 2.45) is 0 Å². The van der Waals surface area contributed by atoms with Crippen LogP contribution in [-0.2, 0) is 4.79 Å². The van der Waals surface area contributed by atoms with Crippen molar-refractivity contribution in [3.63, 3.8) is 0 Å². The predicted octanol–water partition coefficient (Wildman–Crippen LogP) is 2.23. The lowest BCUT2D eigenvalue weighted by Crippen LogP contribution is -2.46. The third-order valence-corrected chi connectivity index (χ3v) is 3.79. The maximum atomic E-state index is 12.1. The summed E-state index contributed by atoms with van der Waals surface area (Å²) in [5.74, 6) is 0. The molecule has 96 valence electrons. The van der Waals surface area contributed by atoms with Crippen LogP contribution >= 0.6 is 11.8 Å². The highest BCUT2D eigenvalue weighted by Crippen LogP contribution is 2.25. The minimum atomic E-state index is -1.02. The number of amides is 1. The Morgan fingerprint density at radius 3 is 2.89 bits per heavy atom. The molecule has 0 aliphatic carbocycles. The number of hydrogen-bond donors (Lipinski definition) is 1. The highest BCUT2D eigenvalue weighted by molar-refractivity contribution is 8.13. The molecule has 1 aromatic heterocycles. The van der Waals surface area contributed by atoms with Crippen molar-refractivity contribution in [3.05, 3.63) is 24.4 Å². The molecular weight excluding hydrogens is 252 g/mol. The minimum Gasteiger partial charge on any atom is -0.465 e. The average Bonchev–Trinajstić information content (AvgIpc) is 2.40. The molecule has 0 saturated carbocycles. The molecule has 1 atom stereocenters. The summed E-state index contributed by atoms with van der Waals surface area (Å²) >= 11 is 1.02. The smallest absolute Gasteiger partial charge is 0.407 e. The molecule has 5 nitrogen and oxygen atoms in total. The fraction of sp³-hybridized carbons (Fsp3) is 0.417. The molecule has 18 heavy (non-hydrogen) atoms. The molecule has 1 fully saturated rings. The molecular formula is C12H14N2O3S. The fourth-order valence-electron chi connectivity index (χ4n) is 1.98. The third-order valence-electron chi connectivity index (χ3n) is 2.86. The van der Waals surface area contributed by atoms with Gasteiger partial charge in [0.1, 0.15) is 11.1 Å². The molecule has 0 bridgehead atoms. The second-order valence-corrected chi connectivity index (χ2v) is 5.10. The van der Waals surface area contributed by atoms with Crippen molar-refractivity contribution in [1.29, 1.82) is 0 Å². The number of carbonyl (C=O) groups excluding carboxylic acids is 1. The van der Waals surface area contributed by atoms with Crippen LogP contribution in [0.15, 0.2) is 29.4 Å². The minimum absolute atomic E-state index is 0.143. The van der Waals surface area contributed by atoms with E-state index in [9.17, 15) is 9.59 Å². The topological polar surface area (TPSA) is 70.5 Å². The van der Waals surface area contributed by atoms with Gasteiger partial charge in [0.15, 0.2) is 0 Å². The largest absolute Gasteiger partial charge is 0.465 e. The first kappa shape index (κ1) is 12.9. The quantitative estimate of drug-likeness (QED) is 0.831. The van der Waals surface area contributed by atoms with Crippen LogP contribution in [0.2, 0.25) is 0 Å². The van der Waals surface area contributed by atoms with Crippen molar-refractivity contribution < 1.29 is 14.7 Å². The molecule has 1 N–H and O–H groups in total. The number of piperidine rings is 1. The van der Waals surface area contributed by atoms with Gasteiger partial charge in [-0.15, -0.1) is 0 Å². The van der Waals surface area contributed by atoms with Crippen LogP contribution in [-0.4, -0.2) is 38.8 Å². The molecule has 1 saturated heterocycles. The number of nitrogens with zero attached hydrogens (tertiary/aromatic N) is 2. The molecule has 1 aromatic rings. The van der Waals surface area contributed by atoms with E-state index < -0.39 is 12.1 Å². The van der Waals surface area contributed by atoms with Gasteiger partial charge in [0.2, 0.25) is 5.12 Å². The van der Waals surface area contributed by atoms with Gasteiger partial charge >= 0.3 is 6.09 Å². The Balaban J connectivity index is 2.05. The molecule has 1 aliphatic rings. The monoisotopic (exact) mass is 266 g/mol. The van der Waals surface area contributed by atoms with Gasteiger partial charge in [-0.2, -0.15) is 0 Å². The lowest BCUT2D eigenvalue weighted by atomic mass is 10.0. The first-order chi connectivity index (χ1) is 8.68. The Kier molecular flexibility index (Phi) is 4.19. The van der Waals surface area contributed by atoms with Gasteiger partial charge in [-0.05, 0) is 43.2 Å². The molecule has 2 heterocycles. The normalized spacial score (nSPS) is 19.6. The first-order valence-corrected chi connectivity index (χ1v) is 6.62. The molecule has 1 unspecified atom stereocenters. The maximum absolute atomic E-state index is 12.1. The third kappa shape index (κ3) is 3.01. The Morgan fingerprint density at radius 1 is 1.39 bits per heavy atom. The van der Waals surface area contributed by atoms with Gasteiger partial charge in [-0.1, -0.05) is 6.07 Å². The van der Waals surface area contributed by atoms with Crippen molar-refractivity contribution in [1.82, 2.24) is 9.88 Å². The Hall–Kier alpha value is -1.56. The summed E-state index contributed by atoms with van der Waals surface area (Å²) in [6, 6.07) is 4.79. The summed E-state index contributed by atoms with van der Waals surface area (Å²) in [6.07, 6.45) is 2.92. The van der Waals surface area contributed by atoms with Gasteiger partial charge in [0.05, 0.1) is 0 Å². The summed E-state index contributed by atoms with van der Waals surface area (Å²) in [4.78, 5) is 28.5. The van der Waals surface area contributed by atoms with E-state index in [1.165, 1.54) is 4.90 Å². The van der Waals surface area contributed by atoms with E-state index in [1.807, 2.05) is 0 Å². The van der Waals surface area contributed by atoms with Crippen molar-refractivity contribution in [2.75, 3.05) is 6.54 Å². The number of rotatable bonds is 2. The molecule has 1 aliphatic heterocycles. The van der Waals surface area contributed by atoms with Gasteiger partial charge in [-0.25, -0.2) is 9.78 Å². The summed E-state index contributed by atoms with van der Waals surface area (Å²) in [7, 11) is 0. The van der Waals surface area contributed by atoms with Crippen LogP contribution < -0.4 is 0 Å². The van der Waals surface area contributed by atoms with Crippen LogP contribution in [0.1, 0.15) is 19.3 Å². The Morgan fingerprint density at radius 2 is 2.22 bits per heavy atom.